The zero-order chi connectivity index (χ0) is 17.9. The number of nitrogens with one attached hydrogen (secondary N) is 1. The van der Waals surface area contributed by atoms with Crippen LogP contribution in [0.15, 0.2) is 42.5 Å². The fourth-order valence-electron chi connectivity index (χ4n) is 2.37. The summed E-state index contributed by atoms with van der Waals surface area (Å²) in [4.78, 5) is 0. The molecule has 0 aliphatic heterocycles. The first-order chi connectivity index (χ1) is 12.2. The summed E-state index contributed by atoms with van der Waals surface area (Å²) < 4.78 is 11.0. The summed E-state index contributed by atoms with van der Waals surface area (Å²) >= 11 is 0. The van der Waals surface area contributed by atoms with Crippen LogP contribution in [0.1, 0.15) is 17.5 Å². The number of hydrogen-bond donors (Lipinski definition) is 3. The molecule has 0 saturated heterocycles. The van der Waals surface area contributed by atoms with Gasteiger partial charge in [-0.3, -0.25) is 0 Å². The first kappa shape index (κ1) is 19.5. The quantitative estimate of drug-likeness (QED) is 0.423. The molecular formula is C19H26NO4P. The maximum atomic E-state index is 9.51. The van der Waals surface area contributed by atoms with Gasteiger partial charge in [0.15, 0.2) is 0 Å². The van der Waals surface area contributed by atoms with Crippen LogP contribution >= 0.6 is 9.24 Å². The highest BCUT2D eigenvalue weighted by Gasteiger charge is 2.02. The van der Waals surface area contributed by atoms with Crippen molar-refractivity contribution in [2.75, 3.05) is 26.0 Å². The summed E-state index contributed by atoms with van der Waals surface area (Å²) in [6.07, 6.45) is 2.46. The third-order valence-electron chi connectivity index (χ3n) is 3.75. The predicted molar refractivity (Wildman–Crippen MR) is 102 cm³/mol. The Labute approximate surface area is 151 Å². The summed E-state index contributed by atoms with van der Waals surface area (Å²) in [7, 11) is 2.54. The Morgan fingerprint density at radius 3 is 2.44 bits per heavy atom. The van der Waals surface area contributed by atoms with E-state index in [9.17, 15) is 5.11 Å². The van der Waals surface area contributed by atoms with Gasteiger partial charge in [-0.15, -0.1) is 0 Å². The van der Waals surface area contributed by atoms with E-state index >= 15 is 0 Å². The van der Waals surface area contributed by atoms with Gasteiger partial charge in [-0.05, 0) is 61.8 Å². The molecule has 0 aliphatic rings. The van der Waals surface area contributed by atoms with Crippen molar-refractivity contribution in [3.05, 3.63) is 53.6 Å². The molecule has 0 amide bonds. The van der Waals surface area contributed by atoms with Crippen LogP contribution in [-0.2, 0) is 13.0 Å². The Morgan fingerprint density at radius 1 is 0.960 bits per heavy atom. The van der Waals surface area contributed by atoms with Gasteiger partial charge in [0.2, 0.25) is 0 Å². The number of benzene rings is 2. The fraction of sp³-hybridized carbons (Fsp3) is 0.368. The summed E-state index contributed by atoms with van der Waals surface area (Å²) in [5, 5.41) is 22.0. The number of aliphatic hydroxyl groups is 1. The number of rotatable bonds is 11. The molecule has 2 rings (SSSR count). The molecular weight excluding hydrogens is 337 g/mol. The fourth-order valence-corrected chi connectivity index (χ4v) is 2.56. The van der Waals surface area contributed by atoms with Gasteiger partial charge >= 0.3 is 0 Å². The van der Waals surface area contributed by atoms with Crippen molar-refractivity contribution in [1.82, 2.24) is 5.32 Å². The van der Waals surface area contributed by atoms with Gasteiger partial charge in [0.25, 0.3) is 0 Å². The molecule has 6 heteroatoms. The van der Waals surface area contributed by atoms with Crippen molar-refractivity contribution in [3.8, 4) is 17.2 Å². The zero-order valence-corrected chi connectivity index (χ0v) is 15.4. The van der Waals surface area contributed by atoms with Crippen LogP contribution in [0.5, 0.6) is 17.2 Å². The molecule has 0 aliphatic carbocycles. The SMILES string of the molecule is OCc1cc(OCCCNCCc2ccc(OCP)cc2)ccc1O. The van der Waals surface area contributed by atoms with Crippen LogP contribution in [0.4, 0.5) is 0 Å². The van der Waals surface area contributed by atoms with Crippen LogP contribution < -0.4 is 14.8 Å². The second-order valence-electron chi connectivity index (χ2n) is 5.61. The summed E-state index contributed by atoms with van der Waals surface area (Å²) in [6.45, 7) is 2.18. The van der Waals surface area contributed by atoms with Gasteiger partial charge < -0.3 is 25.0 Å². The molecule has 1 unspecified atom stereocenters. The smallest absolute Gasteiger partial charge is 0.121 e. The van der Waals surface area contributed by atoms with Gasteiger partial charge in [0.05, 0.1) is 13.2 Å². The maximum Gasteiger partial charge on any atom is 0.121 e. The average molecular weight is 363 g/mol. The molecule has 2 aromatic carbocycles. The lowest BCUT2D eigenvalue weighted by Crippen LogP contribution is -2.20. The molecule has 0 aromatic heterocycles. The Hall–Kier alpha value is -1.81. The Kier molecular flexibility index (Phi) is 8.53. The van der Waals surface area contributed by atoms with E-state index in [1.165, 1.54) is 11.6 Å². The van der Waals surface area contributed by atoms with Crippen molar-refractivity contribution in [3.63, 3.8) is 0 Å². The minimum Gasteiger partial charge on any atom is -0.508 e. The Bertz CT molecular complexity index is 634. The van der Waals surface area contributed by atoms with E-state index in [1.807, 2.05) is 12.1 Å². The highest BCUT2D eigenvalue weighted by atomic mass is 31.0. The lowest BCUT2D eigenvalue weighted by Gasteiger charge is -2.09. The minimum atomic E-state index is -0.199. The van der Waals surface area contributed by atoms with E-state index in [-0.39, 0.29) is 12.4 Å². The third kappa shape index (κ3) is 6.91. The predicted octanol–water partition coefficient (Wildman–Crippen LogP) is 2.70. The van der Waals surface area contributed by atoms with Crippen LogP contribution in [0.2, 0.25) is 0 Å². The first-order valence-electron chi connectivity index (χ1n) is 8.41. The van der Waals surface area contributed by atoms with E-state index < -0.39 is 0 Å². The van der Waals surface area contributed by atoms with E-state index in [1.54, 1.807) is 12.1 Å². The molecule has 0 fully saturated rings. The third-order valence-corrected chi connectivity index (χ3v) is 3.92. The molecule has 0 radical (unpaired) electrons. The number of hydrogen-bond acceptors (Lipinski definition) is 5. The lowest BCUT2D eigenvalue weighted by molar-refractivity contribution is 0.272. The van der Waals surface area contributed by atoms with Gasteiger partial charge in [0, 0.05) is 5.56 Å². The van der Waals surface area contributed by atoms with Crippen molar-refractivity contribution in [2.45, 2.75) is 19.4 Å². The van der Waals surface area contributed by atoms with Crippen LogP contribution in [0.3, 0.4) is 0 Å². The number of aromatic hydroxyl groups is 1. The van der Waals surface area contributed by atoms with Crippen molar-refractivity contribution in [1.29, 1.82) is 0 Å². The topological polar surface area (TPSA) is 71.0 Å². The summed E-state index contributed by atoms with van der Waals surface area (Å²) in [6, 6.07) is 13.1. The van der Waals surface area contributed by atoms with Crippen LogP contribution in [0.25, 0.3) is 0 Å². The molecule has 1 atom stereocenters. The average Bonchev–Trinajstić information content (AvgIpc) is 2.63. The molecule has 5 nitrogen and oxygen atoms in total. The van der Waals surface area contributed by atoms with E-state index in [4.69, 9.17) is 14.6 Å². The van der Waals surface area contributed by atoms with Crippen LogP contribution in [0, 0.1) is 0 Å². The molecule has 2 aromatic rings. The molecule has 136 valence electrons. The van der Waals surface area contributed by atoms with Gasteiger partial charge in [0.1, 0.15) is 23.6 Å². The second-order valence-corrected chi connectivity index (χ2v) is 5.94. The Balaban J connectivity index is 1.57. The summed E-state index contributed by atoms with van der Waals surface area (Å²) in [5.74, 6) is 1.64. The molecule has 0 bridgehead atoms. The van der Waals surface area contributed by atoms with Crippen molar-refractivity contribution in [2.24, 2.45) is 0 Å². The zero-order valence-electron chi connectivity index (χ0n) is 14.3. The van der Waals surface area contributed by atoms with Crippen LogP contribution in [-0.4, -0.2) is 36.3 Å². The van der Waals surface area contributed by atoms with Gasteiger partial charge in [-0.1, -0.05) is 21.4 Å². The number of ether oxygens (including phenoxy) is 2. The molecule has 0 heterocycles. The lowest BCUT2D eigenvalue weighted by atomic mass is 10.1. The van der Waals surface area contributed by atoms with Crippen molar-refractivity contribution < 1.29 is 19.7 Å². The number of aliphatic hydroxyl groups excluding tert-OH is 1. The van der Waals surface area contributed by atoms with E-state index in [2.05, 4.69) is 26.7 Å². The summed E-state index contributed by atoms with van der Waals surface area (Å²) in [5.41, 5.74) is 1.75. The van der Waals surface area contributed by atoms with E-state index in [0.717, 1.165) is 31.7 Å². The Morgan fingerprint density at radius 2 is 1.72 bits per heavy atom. The van der Waals surface area contributed by atoms with Gasteiger partial charge in [-0.2, -0.15) is 0 Å². The number of phenols is 1. The maximum absolute atomic E-state index is 9.51. The second kappa shape index (κ2) is 10.9. The van der Waals surface area contributed by atoms with Crippen molar-refractivity contribution >= 4 is 9.24 Å². The van der Waals surface area contributed by atoms with E-state index in [0.29, 0.717) is 24.3 Å². The highest BCUT2D eigenvalue weighted by molar-refractivity contribution is 7.16. The molecule has 25 heavy (non-hydrogen) atoms. The highest BCUT2D eigenvalue weighted by Crippen LogP contribution is 2.22. The minimum absolute atomic E-state index is 0.0877. The molecule has 0 saturated carbocycles. The normalized spacial score (nSPS) is 10.6. The van der Waals surface area contributed by atoms with Gasteiger partial charge in [-0.25, -0.2) is 0 Å². The largest absolute Gasteiger partial charge is 0.508 e. The standard InChI is InChI=1S/C19H26NO4P/c21-13-16-12-18(6-7-19(16)22)23-11-1-9-20-10-8-15-2-4-17(5-3-15)24-14-25/h2-7,12,20-22H,1,8-11,13-14,25H2. The molecule has 3 N–H and O–H groups in total. The first-order valence-corrected chi connectivity index (χ1v) is 9.22. The molecule has 0 spiro atoms. The monoisotopic (exact) mass is 363 g/mol.